The van der Waals surface area contributed by atoms with Crippen molar-refractivity contribution in [2.45, 2.75) is 22.6 Å². The van der Waals surface area contributed by atoms with Gasteiger partial charge in [0.1, 0.15) is 5.75 Å². The molecule has 0 aliphatic carbocycles. The maximum Gasteiger partial charge on any atom is 0.225 e. The quantitative estimate of drug-likeness (QED) is 0.691. The van der Waals surface area contributed by atoms with Crippen molar-refractivity contribution in [3.63, 3.8) is 0 Å². The third-order valence-corrected chi connectivity index (χ3v) is 7.29. The summed E-state index contributed by atoms with van der Waals surface area (Å²) in [5.41, 5.74) is 0.930. The number of nitrogens with one attached hydrogen (secondary N) is 2. The predicted molar refractivity (Wildman–Crippen MR) is 114 cm³/mol. The summed E-state index contributed by atoms with van der Waals surface area (Å²) in [6, 6.07) is 9.37. The van der Waals surface area contributed by atoms with E-state index in [0.717, 1.165) is 4.90 Å². The summed E-state index contributed by atoms with van der Waals surface area (Å²) in [6.45, 7) is 0. The molecular formula is C19H19ClN2O5S2. The number of halogens is 1. The van der Waals surface area contributed by atoms with Crippen molar-refractivity contribution in [3.8, 4) is 5.75 Å². The second-order valence-electron chi connectivity index (χ2n) is 6.27. The molecule has 0 atom stereocenters. The van der Waals surface area contributed by atoms with E-state index in [1.165, 1.54) is 37.1 Å². The molecule has 154 valence electrons. The van der Waals surface area contributed by atoms with Gasteiger partial charge in [-0.25, -0.2) is 8.42 Å². The first-order valence-corrected chi connectivity index (χ1v) is 11.7. The van der Waals surface area contributed by atoms with Crippen LogP contribution in [0.25, 0.3) is 0 Å². The zero-order valence-electron chi connectivity index (χ0n) is 15.5. The van der Waals surface area contributed by atoms with Crippen LogP contribution in [0.2, 0.25) is 5.02 Å². The van der Waals surface area contributed by atoms with Gasteiger partial charge in [0.05, 0.1) is 28.5 Å². The molecule has 0 fully saturated rings. The van der Waals surface area contributed by atoms with Gasteiger partial charge in [0.2, 0.25) is 11.8 Å². The first-order chi connectivity index (χ1) is 13.8. The maximum absolute atomic E-state index is 12.6. The highest BCUT2D eigenvalue weighted by Gasteiger charge is 2.20. The van der Waals surface area contributed by atoms with Crippen LogP contribution in [0.3, 0.4) is 0 Å². The van der Waals surface area contributed by atoms with Gasteiger partial charge in [0, 0.05) is 29.2 Å². The highest BCUT2D eigenvalue weighted by Crippen LogP contribution is 2.33. The van der Waals surface area contributed by atoms with E-state index in [4.69, 9.17) is 16.3 Å². The number of benzene rings is 2. The average molecular weight is 455 g/mol. The van der Waals surface area contributed by atoms with Gasteiger partial charge in [-0.15, -0.1) is 11.8 Å². The Hall–Kier alpha value is -2.23. The average Bonchev–Trinajstić information content (AvgIpc) is 2.86. The summed E-state index contributed by atoms with van der Waals surface area (Å²) >= 11 is 7.51. The monoisotopic (exact) mass is 454 g/mol. The van der Waals surface area contributed by atoms with E-state index in [9.17, 15) is 18.0 Å². The largest absolute Gasteiger partial charge is 0.495 e. The number of thioether (sulfide) groups is 1. The summed E-state index contributed by atoms with van der Waals surface area (Å²) in [5.74, 6) is 0.153. The number of carbonyl (C=O) groups excluding carboxylic acids is 2. The summed E-state index contributed by atoms with van der Waals surface area (Å²) in [5, 5.41) is 5.68. The van der Waals surface area contributed by atoms with E-state index < -0.39 is 15.7 Å². The van der Waals surface area contributed by atoms with Gasteiger partial charge in [-0.2, -0.15) is 0 Å². The molecule has 2 N–H and O–H groups in total. The Morgan fingerprint density at radius 2 is 2.07 bits per heavy atom. The van der Waals surface area contributed by atoms with Crippen molar-refractivity contribution in [2.75, 3.05) is 29.2 Å². The fraction of sp³-hybridized carbons (Fsp3) is 0.263. The number of rotatable bonds is 6. The number of sulfone groups is 1. The minimum atomic E-state index is -3.70. The number of anilines is 2. The molecule has 0 unspecified atom stereocenters. The van der Waals surface area contributed by atoms with Crippen LogP contribution in [0.4, 0.5) is 11.4 Å². The van der Waals surface area contributed by atoms with Crippen LogP contribution in [0.5, 0.6) is 5.75 Å². The van der Waals surface area contributed by atoms with E-state index in [0.29, 0.717) is 34.3 Å². The Bertz CT molecular complexity index is 1060. The number of ether oxygens (including phenoxy) is 1. The zero-order chi connectivity index (χ0) is 21.0. The normalized spacial score (nSPS) is 13.8. The molecule has 2 amide bonds. The predicted octanol–water partition coefficient (Wildman–Crippen LogP) is 3.59. The fourth-order valence-electron chi connectivity index (χ4n) is 2.71. The summed E-state index contributed by atoms with van der Waals surface area (Å²) in [4.78, 5) is 24.8. The Kier molecular flexibility index (Phi) is 6.71. The summed E-state index contributed by atoms with van der Waals surface area (Å²) in [7, 11) is -2.21. The minimum Gasteiger partial charge on any atom is -0.495 e. The maximum atomic E-state index is 12.6. The smallest absolute Gasteiger partial charge is 0.225 e. The summed E-state index contributed by atoms with van der Waals surface area (Å²) < 4.78 is 30.3. The van der Waals surface area contributed by atoms with Crippen molar-refractivity contribution in [1.29, 1.82) is 0 Å². The Morgan fingerprint density at radius 3 is 2.79 bits per heavy atom. The number of hydrogen-bond donors (Lipinski definition) is 2. The lowest BCUT2D eigenvalue weighted by Crippen LogP contribution is -2.18. The molecule has 1 aliphatic heterocycles. The van der Waals surface area contributed by atoms with E-state index in [1.807, 2.05) is 0 Å². The van der Waals surface area contributed by atoms with E-state index in [-0.39, 0.29) is 23.0 Å². The van der Waals surface area contributed by atoms with Crippen molar-refractivity contribution >= 4 is 56.4 Å². The van der Waals surface area contributed by atoms with Crippen LogP contribution in [-0.2, 0) is 19.4 Å². The third-order valence-electron chi connectivity index (χ3n) is 4.20. The molecule has 10 heteroatoms. The molecule has 29 heavy (non-hydrogen) atoms. The zero-order valence-corrected chi connectivity index (χ0v) is 17.9. The summed E-state index contributed by atoms with van der Waals surface area (Å²) in [6.07, 6.45) is 0.154. The van der Waals surface area contributed by atoms with Crippen LogP contribution in [0, 0.1) is 0 Å². The molecule has 7 nitrogen and oxygen atoms in total. The van der Waals surface area contributed by atoms with Crippen molar-refractivity contribution in [1.82, 2.24) is 0 Å². The highest BCUT2D eigenvalue weighted by molar-refractivity contribution is 7.99. The van der Waals surface area contributed by atoms with Crippen molar-refractivity contribution in [3.05, 3.63) is 41.4 Å². The molecule has 2 aromatic carbocycles. The van der Waals surface area contributed by atoms with Gasteiger partial charge in [-0.05, 0) is 36.4 Å². The fourth-order valence-corrected chi connectivity index (χ4v) is 5.16. The molecule has 0 saturated carbocycles. The van der Waals surface area contributed by atoms with Crippen LogP contribution in [0.15, 0.2) is 46.2 Å². The lowest BCUT2D eigenvalue weighted by molar-refractivity contribution is -0.116. The number of methoxy groups -OCH3 is 1. The molecule has 1 heterocycles. The number of amides is 2. The van der Waals surface area contributed by atoms with Gasteiger partial charge in [-0.1, -0.05) is 11.6 Å². The Balaban J connectivity index is 1.66. The van der Waals surface area contributed by atoms with E-state index >= 15 is 0 Å². The lowest BCUT2D eigenvalue weighted by Gasteiger charge is -2.11. The number of carbonyl (C=O) groups is 2. The van der Waals surface area contributed by atoms with Crippen molar-refractivity contribution < 1.29 is 22.7 Å². The molecule has 0 aromatic heterocycles. The molecular weight excluding hydrogens is 436 g/mol. The molecule has 1 aliphatic rings. The third kappa shape index (κ3) is 5.43. The second-order valence-corrected chi connectivity index (χ2v) is 9.92. The first kappa shape index (κ1) is 21.5. The second kappa shape index (κ2) is 9.06. The topological polar surface area (TPSA) is 102 Å². The SMILES string of the molecule is COc1ccc(NC(=O)CCS(=O)(=O)c2ccc3c(c2)NC(=O)CCS3)cc1Cl. The van der Waals surface area contributed by atoms with Gasteiger partial charge in [0.15, 0.2) is 9.84 Å². The molecule has 0 radical (unpaired) electrons. The van der Waals surface area contributed by atoms with Gasteiger partial charge in [-0.3, -0.25) is 9.59 Å². The standard InChI is InChI=1S/C19H19ClN2O5S2/c1-27-16-4-2-12(10-14(16)20)21-19(24)7-9-29(25,26)13-3-5-17-15(11-13)22-18(23)6-8-28-17/h2-5,10-11H,6-9H2,1H3,(H,21,24)(H,22,23). The van der Waals surface area contributed by atoms with Gasteiger partial charge >= 0.3 is 0 Å². The minimum absolute atomic E-state index is 0.0688. The molecule has 0 bridgehead atoms. The van der Waals surface area contributed by atoms with E-state index in [1.54, 1.807) is 18.2 Å². The van der Waals surface area contributed by atoms with Crippen LogP contribution in [-0.4, -0.2) is 38.8 Å². The lowest BCUT2D eigenvalue weighted by atomic mass is 10.3. The van der Waals surface area contributed by atoms with Crippen LogP contribution in [0.1, 0.15) is 12.8 Å². The van der Waals surface area contributed by atoms with E-state index in [2.05, 4.69) is 10.6 Å². The number of fused-ring (bicyclic) bond motifs is 1. The molecule has 3 rings (SSSR count). The molecule has 0 spiro atoms. The van der Waals surface area contributed by atoms with Crippen LogP contribution < -0.4 is 15.4 Å². The Labute approximate surface area is 178 Å². The molecule has 2 aromatic rings. The van der Waals surface area contributed by atoms with Crippen LogP contribution >= 0.6 is 23.4 Å². The Morgan fingerprint density at radius 1 is 1.28 bits per heavy atom. The van der Waals surface area contributed by atoms with Gasteiger partial charge < -0.3 is 15.4 Å². The van der Waals surface area contributed by atoms with Gasteiger partial charge in [0.25, 0.3) is 0 Å². The molecule has 0 saturated heterocycles. The first-order valence-electron chi connectivity index (χ1n) is 8.71. The highest BCUT2D eigenvalue weighted by atomic mass is 35.5. The number of hydrogen-bond acceptors (Lipinski definition) is 6. The van der Waals surface area contributed by atoms with Crippen molar-refractivity contribution in [2.24, 2.45) is 0 Å².